The zero-order chi connectivity index (χ0) is 14.2. The van der Waals surface area contributed by atoms with E-state index in [4.69, 9.17) is 0 Å². The van der Waals surface area contributed by atoms with Crippen molar-refractivity contribution in [3.05, 3.63) is 51.5 Å². The quantitative estimate of drug-likeness (QED) is 0.934. The Kier molecular flexibility index (Phi) is 3.56. The van der Waals surface area contributed by atoms with Crippen molar-refractivity contribution in [3.8, 4) is 0 Å². The number of hydrogen-bond acceptors (Lipinski definition) is 3. The number of nitrogens with one attached hydrogen (secondary N) is 1. The maximum Gasteiger partial charge on any atom is 0.107 e. The van der Waals surface area contributed by atoms with Gasteiger partial charge in [0.25, 0.3) is 0 Å². The molecule has 2 bridgehead atoms. The number of fused-ring (bicyclic) bond motifs is 3. The number of rotatable bonds is 3. The topological polar surface area (TPSA) is 24.9 Å². The first-order valence-electron chi connectivity index (χ1n) is 8.01. The highest BCUT2D eigenvalue weighted by Crippen LogP contribution is 2.40. The second kappa shape index (κ2) is 5.54. The van der Waals surface area contributed by atoms with Gasteiger partial charge in [-0.25, -0.2) is 4.98 Å². The number of thiazole rings is 1. The maximum absolute atomic E-state index is 4.58. The van der Waals surface area contributed by atoms with Gasteiger partial charge in [-0.3, -0.25) is 0 Å². The molecule has 0 amide bonds. The summed E-state index contributed by atoms with van der Waals surface area (Å²) in [5.74, 6) is 1.61. The summed E-state index contributed by atoms with van der Waals surface area (Å²) in [5, 5.41) is 7.21. The zero-order valence-electron chi connectivity index (χ0n) is 12.5. The lowest BCUT2D eigenvalue weighted by Gasteiger charge is -2.23. The van der Waals surface area contributed by atoms with Gasteiger partial charge >= 0.3 is 0 Å². The van der Waals surface area contributed by atoms with Gasteiger partial charge in [-0.2, -0.15) is 0 Å². The minimum atomic E-state index is 0.668. The van der Waals surface area contributed by atoms with Crippen LogP contribution in [-0.4, -0.2) is 11.0 Å². The van der Waals surface area contributed by atoms with Gasteiger partial charge in [-0.15, -0.1) is 11.3 Å². The third kappa shape index (κ3) is 2.65. The first-order chi connectivity index (χ1) is 10.3. The van der Waals surface area contributed by atoms with E-state index in [1.54, 1.807) is 22.5 Å². The smallest absolute Gasteiger partial charge is 0.107 e. The summed E-state index contributed by atoms with van der Waals surface area (Å²) in [6.45, 7) is 3.01. The third-order valence-corrected chi connectivity index (χ3v) is 6.13. The molecule has 1 aromatic carbocycles. The van der Waals surface area contributed by atoms with E-state index in [0.29, 0.717) is 6.04 Å². The largest absolute Gasteiger partial charge is 0.307 e. The Hall–Kier alpha value is -1.19. The van der Waals surface area contributed by atoms with Crippen molar-refractivity contribution in [1.29, 1.82) is 0 Å². The SMILES string of the molecule is Cc1csc(CNC2C3CCC2Cc2ccccc2C3)n1. The van der Waals surface area contributed by atoms with Crippen LogP contribution in [0.4, 0.5) is 0 Å². The highest BCUT2D eigenvalue weighted by atomic mass is 32.1. The number of aromatic nitrogens is 1. The lowest BCUT2D eigenvalue weighted by atomic mass is 9.94. The van der Waals surface area contributed by atoms with Crippen LogP contribution in [0.15, 0.2) is 29.6 Å². The fraction of sp³-hybridized carbons (Fsp3) is 0.500. The minimum absolute atomic E-state index is 0.668. The second-order valence-corrected chi connectivity index (χ2v) is 7.51. The molecule has 0 aliphatic heterocycles. The van der Waals surface area contributed by atoms with Crippen LogP contribution >= 0.6 is 11.3 Å². The maximum atomic E-state index is 4.58. The molecule has 2 aromatic rings. The van der Waals surface area contributed by atoms with Crippen molar-refractivity contribution in [3.63, 3.8) is 0 Å². The molecule has 4 rings (SSSR count). The number of benzene rings is 1. The molecule has 0 saturated heterocycles. The molecular weight excluding hydrogens is 276 g/mol. The lowest BCUT2D eigenvalue weighted by molar-refractivity contribution is 0.340. The van der Waals surface area contributed by atoms with Crippen molar-refractivity contribution in [1.82, 2.24) is 10.3 Å². The van der Waals surface area contributed by atoms with Crippen LogP contribution in [0.1, 0.15) is 34.7 Å². The van der Waals surface area contributed by atoms with Crippen LogP contribution in [0, 0.1) is 18.8 Å². The van der Waals surface area contributed by atoms with E-state index in [9.17, 15) is 0 Å². The summed E-state index contributed by atoms with van der Waals surface area (Å²) in [5.41, 5.74) is 4.32. The van der Waals surface area contributed by atoms with Crippen molar-refractivity contribution in [2.45, 2.75) is 45.2 Å². The zero-order valence-corrected chi connectivity index (χ0v) is 13.3. The van der Waals surface area contributed by atoms with E-state index in [1.165, 1.54) is 30.7 Å². The normalized spacial score (nSPS) is 27.4. The Morgan fingerprint density at radius 3 is 2.38 bits per heavy atom. The lowest BCUT2D eigenvalue weighted by Crippen LogP contribution is -2.37. The summed E-state index contributed by atoms with van der Waals surface area (Å²) >= 11 is 1.78. The van der Waals surface area contributed by atoms with E-state index < -0.39 is 0 Å². The average Bonchev–Trinajstić information content (AvgIpc) is 2.99. The van der Waals surface area contributed by atoms with E-state index in [1.807, 2.05) is 0 Å². The summed E-state index contributed by atoms with van der Waals surface area (Å²) in [6.07, 6.45) is 5.27. The number of hydrogen-bond donors (Lipinski definition) is 1. The van der Waals surface area contributed by atoms with Gasteiger partial charge in [0.05, 0.1) is 0 Å². The summed E-state index contributed by atoms with van der Waals surface area (Å²) in [4.78, 5) is 4.58. The van der Waals surface area contributed by atoms with Gasteiger partial charge in [0.2, 0.25) is 0 Å². The van der Waals surface area contributed by atoms with Gasteiger partial charge in [0.15, 0.2) is 0 Å². The first-order valence-corrected chi connectivity index (χ1v) is 8.89. The monoisotopic (exact) mass is 298 g/mol. The van der Waals surface area contributed by atoms with Gasteiger partial charge < -0.3 is 5.32 Å². The van der Waals surface area contributed by atoms with Gasteiger partial charge in [0, 0.05) is 23.7 Å². The molecule has 110 valence electrons. The summed E-state index contributed by atoms with van der Waals surface area (Å²) in [7, 11) is 0. The highest BCUT2D eigenvalue weighted by molar-refractivity contribution is 7.09. The molecule has 0 radical (unpaired) electrons. The van der Waals surface area contributed by atoms with E-state index in [0.717, 1.165) is 24.1 Å². The molecule has 2 aliphatic rings. The number of nitrogens with zero attached hydrogens (tertiary/aromatic N) is 1. The molecule has 1 N–H and O–H groups in total. The van der Waals surface area contributed by atoms with Crippen LogP contribution in [0.3, 0.4) is 0 Å². The second-order valence-electron chi connectivity index (χ2n) is 6.56. The van der Waals surface area contributed by atoms with Crippen LogP contribution in [0.5, 0.6) is 0 Å². The molecule has 3 heteroatoms. The third-order valence-electron chi connectivity index (χ3n) is 5.16. The molecule has 2 aliphatic carbocycles. The molecule has 0 spiro atoms. The van der Waals surface area contributed by atoms with Gasteiger partial charge in [-0.05, 0) is 55.6 Å². The molecule has 1 aromatic heterocycles. The van der Waals surface area contributed by atoms with Crippen LogP contribution in [-0.2, 0) is 19.4 Å². The molecule has 2 atom stereocenters. The molecule has 1 saturated carbocycles. The highest BCUT2D eigenvalue weighted by Gasteiger charge is 2.38. The summed E-state index contributed by atoms with van der Waals surface area (Å²) < 4.78 is 0. The van der Waals surface area contributed by atoms with Crippen LogP contribution in [0.2, 0.25) is 0 Å². The molecule has 1 fully saturated rings. The Morgan fingerprint density at radius 1 is 1.14 bits per heavy atom. The average molecular weight is 298 g/mol. The fourth-order valence-corrected chi connectivity index (χ4v) is 4.90. The Morgan fingerprint density at radius 2 is 1.81 bits per heavy atom. The standard InChI is InChI=1S/C18H22N2S/c1-12-11-21-17(20-12)10-19-18-15-6-7-16(18)9-14-5-3-2-4-13(14)8-15/h2-5,11,15-16,18-19H,6-10H2,1H3. The molecule has 21 heavy (non-hydrogen) atoms. The van der Waals surface area contributed by atoms with Crippen molar-refractivity contribution in [2.75, 3.05) is 0 Å². The van der Waals surface area contributed by atoms with E-state index in [-0.39, 0.29) is 0 Å². The van der Waals surface area contributed by atoms with Gasteiger partial charge in [0.1, 0.15) is 5.01 Å². The first kappa shape index (κ1) is 13.5. The predicted octanol–water partition coefficient (Wildman–Crippen LogP) is 3.73. The van der Waals surface area contributed by atoms with E-state index in [2.05, 4.69) is 46.9 Å². The molecule has 1 heterocycles. The van der Waals surface area contributed by atoms with Crippen molar-refractivity contribution in [2.24, 2.45) is 11.8 Å². The number of aryl methyl sites for hydroxylation is 1. The predicted molar refractivity (Wildman–Crippen MR) is 87.5 cm³/mol. The molecular formula is C18H22N2S. The van der Waals surface area contributed by atoms with Crippen molar-refractivity contribution >= 4 is 11.3 Å². The molecule has 2 nitrogen and oxygen atoms in total. The Labute approximate surface area is 130 Å². The van der Waals surface area contributed by atoms with Crippen LogP contribution in [0.25, 0.3) is 0 Å². The molecule has 2 unspecified atom stereocenters. The van der Waals surface area contributed by atoms with Gasteiger partial charge in [-0.1, -0.05) is 24.3 Å². The Balaban J connectivity index is 1.50. The van der Waals surface area contributed by atoms with Crippen molar-refractivity contribution < 1.29 is 0 Å². The van der Waals surface area contributed by atoms with E-state index >= 15 is 0 Å². The summed E-state index contributed by atoms with van der Waals surface area (Å²) in [6, 6.07) is 9.72. The van der Waals surface area contributed by atoms with Crippen LogP contribution < -0.4 is 5.32 Å². The minimum Gasteiger partial charge on any atom is -0.307 e. The Bertz CT molecular complexity index is 601. The fourth-order valence-electron chi connectivity index (χ4n) is 4.17.